The molecule has 1 aliphatic carbocycles. The lowest BCUT2D eigenvalue weighted by molar-refractivity contribution is 0.0819. The van der Waals surface area contributed by atoms with Crippen molar-refractivity contribution < 1.29 is 9.53 Å². The summed E-state index contributed by atoms with van der Waals surface area (Å²) in [5.74, 6) is 1.47. The van der Waals surface area contributed by atoms with Gasteiger partial charge in [-0.15, -0.1) is 0 Å². The van der Waals surface area contributed by atoms with Crippen molar-refractivity contribution in [2.24, 2.45) is 11.8 Å². The monoisotopic (exact) mass is 183 g/mol. The molecular formula is C10H17NO2. The molecule has 0 aromatic rings. The minimum atomic E-state index is -0.233. The number of nitrogens with one attached hydrogen (secondary N) is 1. The second-order valence-electron chi connectivity index (χ2n) is 4.34. The molecule has 2 fully saturated rings. The zero-order valence-electron chi connectivity index (χ0n) is 8.08. The van der Waals surface area contributed by atoms with Crippen LogP contribution in [0.25, 0.3) is 0 Å². The van der Waals surface area contributed by atoms with Crippen molar-refractivity contribution in [1.29, 1.82) is 0 Å². The van der Waals surface area contributed by atoms with E-state index in [1.54, 1.807) is 0 Å². The maximum Gasteiger partial charge on any atom is 0.407 e. The van der Waals surface area contributed by atoms with Gasteiger partial charge in [-0.25, -0.2) is 4.79 Å². The molecule has 1 saturated heterocycles. The van der Waals surface area contributed by atoms with Gasteiger partial charge in [-0.1, -0.05) is 19.8 Å². The molecule has 1 saturated carbocycles. The van der Waals surface area contributed by atoms with Crippen LogP contribution in [0, 0.1) is 11.8 Å². The Balaban J connectivity index is 1.84. The molecule has 1 aliphatic heterocycles. The number of hydrogen-bond donors (Lipinski definition) is 1. The molecule has 0 radical (unpaired) electrons. The highest BCUT2D eigenvalue weighted by molar-refractivity contribution is 5.69. The van der Waals surface area contributed by atoms with Crippen LogP contribution in [0.3, 0.4) is 0 Å². The van der Waals surface area contributed by atoms with Crippen LogP contribution in [0.1, 0.15) is 32.6 Å². The molecule has 0 bridgehead atoms. The normalized spacial score (nSPS) is 39.8. The predicted molar refractivity (Wildman–Crippen MR) is 49.4 cm³/mol. The summed E-state index contributed by atoms with van der Waals surface area (Å²) in [7, 11) is 0. The fraction of sp³-hybridized carbons (Fsp3) is 0.900. The van der Waals surface area contributed by atoms with Gasteiger partial charge in [0.25, 0.3) is 0 Å². The lowest BCUT2D eigenvalue weighted by Gasteiger charge is -2.28. The van der Waals surface area contributed by atoms with Gasteiger partial charge in [0.1, 0.15) is 6.10 Å². The highest BCUT2D eigenvalue weighted by Gasteiger charge is 2.32. The van der Waals surface area contributed by atoms with Crippen LogP contribution in [0.5, 0.6) is 0 Å². The third-order valence-corrected chi connectivity index (χ3v) is 3.29. The van der Waals surface area contributed by atoms with Gasteiger partial charge < -0.3 is 10.1 Å². The van der Waals surface area contributed by atoms with Gasteiger partial charge in [0.2, 0.25) is 0 Å². The van der Waals surface area contributed by atoms with E-state index in [1.807, 2.05) is 0 Å². The van der Waals surface area contributed by atoms with Crippen LogP contribution in [-0.4, -0.2) is 18.7 Å². The molecule has 0 spiro atoms. The SMILES string of the molecule is CC1CCC(C2CNC(=O)O2)CC1. The van der Waals surface area contributed by atoms with E-state index in [1.165, 1.54) is 25.7 Å². The lowest BCUT2D eigenvalue weighted by atomic mass is 9.80. The molecule has 1 heterocycles. The number of ether oxygens (including phenoxy) is 1. The minimum Gasteiger partial charge on any atom is -0.444 e. The Labute approximate surface area is 78.8 Å². The van der Waals surface area contributed by atoms with Crippen LogP contribution in [-0.2, 0) is 4.74 Å². The summed E-state index contributed by atoms with van der Waals surface area (Å²) in [6.07, 6.45) is 4.95. The van der Waals surface area contributed by atoms with E-state index in [0.29, 0.717) is 5.92 Å². The quantitative estimate of drug-likeness (QED) is 0.674. The molecule has 2 rings (SSSR count). The second kappa shape index (κ2) is 3.56. The van der Waals surface area contributed by atoms with Crippen LogP contribution in [0.2, 0.25) is 0 Å². The fourth-order valence-electron chi connectivity index (χ4n) is 2.33. The molecule has 2 aliphatic rings. The Morgan fingerprint density at radius 2 is 2.00 bits per heavy atom. The third kappa shape index (κ3) is 1.95. The van der Waals surface area contributed by atoms with Crippen molar-refractivity contribution in [2.45, 2.75) is 38.7 Å². The topological polar surface area (TPSA) is 38.3 Å². The lowest BCUT2D eigenvalue weighted by Crippen LogP contribution is -2.28. The van der Waals surface area contributed by atoms with Crippen LogP contribution in [0.4, 0.5) is 4.79 Å². The summed E-state index contributed by atoms with van der Waals surface area (Å²) in [5, 5.41) is 2.72. The van der Waals surface area contributed by atoms with Gasteiger partial charge >= 0.3 is 6.09 Å². The van der Waals surface area contributed by atoms with Gasteiger partial charge in [0.15, 0.2) is 0 Å². The number of hydrogen-bond acceptors (Lipinski definition) is 2. The van der Waals surface area contributed by atoms with Gasteiger partial charge in [-0.05, 0) is 24.7 Å². The van der Waals surface area contributed by atoms with Crippen molar-refractivity contribution in [3.05, 3.63) is 0 Å². The maximum atomic E-state index is 10.8. The number of carbonyl (C=O) groups is 1. The largest absolute Gasteiger partial charge is 0.444 e. The second-order valence-corrected chi connectivity index (χ2v) is 4.34. The number of amides is 1. The summed E-state index contributed by atoms with van der Waals surface area (Å²) in [5.41, 5.74) is 0. The van der Waals surface area contributed by atoms with E-state index >= 15 is 0 Å². The summed E-state index contributed by atoms with van der Waals surface area (Å²) in [4.78, 5) is 10.8. The first-order chi connectivity index (χ1) is 6.25. The summed E-state index contributed by atoms with van der Waals surface area (Å²) in [6, 6.07) is 0. The zero-order valence-corrected chi connectivity index (χ0v) is 8.08. The standard InChI is InChI=1S/C10H17NO2/c1-7-2-4-8(5-3-7)9-6-11-10(12)13-9/h7-9H,2-6H2,1H3,(H,11,12). The third-order valence-electron chi connectivity index (χ3n) is 3.29. The first kappa shape index (κ1) is 8.85. The van der Waals surface area contributed by atoms with Crippen LogP contribution < -0.4 is 5.32 Å². The van der Waals surface area contributed by atoms with Crippen LogP contribution >= 0.6 is 0 Å². The molecular weight excluding hydrogens is 166 g/mol. The molecule has 3 heteroatoms. The number of carbonyl (C=O) groups excluding carboxylic acids is 1. The van der Waals surface area contributed by atoms with Crippen molar-refractivity contribution in [1.82, 2.24) is 5.32 Å². The Morgan fingerprint density at radius 3 is 2.54 bits per heavy atom. The minimum absolute atomic E-state index is 0.153. The molecule has 1 atom stereocenters. The summed E-state index contributed by atoms with van der Waals surface area (Å²) < 4.78 is 5.19. The molecule has 1 unspecified atom stereocenters. The van der Waals surface area contributed by atoms with E-state index in [0.717, 1.165) is 12.5 Å². The van der Waals surface area contributed by atoms with Crippen LogP contribution in [0.15, 0.2) is 0 Å². The first-order valence-corrected chi connectivity index (χ1v) is 5.20. The maximum absolute atomic E-state index is 10.8. The highest BCUT2D eigenvalue weighted by Crippen LogP contribution is 2.32. The number of alkyl carbamates (subject to hydrolysis) is 1. The number of cyclic esters (lactones) is 1. The highest BCUT2D eigenvalue weighted by atomic mass is 16.6. The van der Waals surface area contributed by atoms with Gasteiger partial charge in [-0.3, -0.25) is 0 Å². The van der Waals surface area contributed by atoms with Crippen molar-refractivity contribution in [3.8, 4) is 0 Å². The smallest absolute Gasteiger partial charge is 0.407 e. The number of rotatable bonds is 1. The molecule has 3 nitrogen and oxygen atoms in total. The molecule has 74 valence electrons. The van der Waals surface area contributed by atoms with E-state index in [2.05, 4.69) is 12.2 Å². The van der Waals surface area contributed by atoms with Gasteiger partial charge in [0.05, 0.1) is 6.54 Å². The first-order valence-electron chi connectivity index (χ1n) is 5.20. The van der Waals surface area contributed by atoms with Crippen molar-refractivity contribution >= 4 is 6.09 Å². The molecule has 0 aromatic heterocycles. The van der Waals surface area contributed by atoms with Gasteiger partial charge in [-0.2, -0.15) is 0 Å². The Hall–Kier alpha value is -0.730. The van der Waals surface area contributed by atoms with Crippen molar-refractivity contribution in [2.75, 3.05) is 6.54 Å². The van der Waals surface area contributed by atoms with E-state index in [-0.39, 0.29) is 12.2 Å². The predicted octanol–water partition coefficient (Wildman–Crippen LogP) is 1.92. The van der Waals surface area contributed by atoms with E-state index < -0.39 is 0 Å². The average molecular weight is 183 g/mol. The summed E-state index contributed by atoms with van der Waals surface area (Å²) >= 11 is 0. The van der Waals surface area contributed by atoms with E-state index in [4.69, 9.17) is 4.74 Å². The Bertz CT molecular complexity index is 197. The Morgan fingerprint density at radius 1 is 1.31 bits per heavy atom. The molecule has 13 heavy (non-hydrogen) atoms. The molecule has 1 N–H and O–H groups in total. The summed E-state index contributed by atoms with van der Waals surface area (Å²) in [6.45, 7) is 3.02. The molecule has 1 amide bonds. The fourth-order valence-corrected chi connectivity index (χ4v) is 2.33. The van der Waals surface area contributed by atoms with E-state index in [9.17, 15) is 4.79 Å². The Kier molecular flexibility index (Phi) is 2.42. The average Bonchev–Trinajstić information content (AvgIpc) is 2.53. The zero-order chi connectivity index (χ0) is 9.26. The van der Waals surface area contributed by atoms with Crippen molar-refractivity contribution in [3.63, 3.8) is 0 Å². The van der Waals surface area contributed by atoms with Gasteiger partial charge in [0, 0.05) is 0 Å². The molecule has 0 aromatic carbocycles.